The predicted molar refractivity (Wildman–Crippen MR) is 66.6 cm³/mol. The molecular weight excluding hydrogens is 216 g/mol. The third-order valence-electron chi connectivity index (χ3n) is 3.41. The number of nitrogens with one attached hydrogen (secondary N) is 1. The Morgan fingerprint density at radius 2 is 2.41 bits per heavy atom. The van der Waals surface area contributed by atoms with Gasteiger partial charge in [-0.15, -0.1) is 0 Å². The molecule has 0 bridgehead atoms. The van der Waals surface area contributed by atoms with Crippen LogP contribution in [0.1, 0.15) is 35.8 Å². The minimum atomic E-state index is -0.472. The Morgan fingerprint density at radius 1 is 1.65 bits per heavy atom. The number of nitrogens with two attached hydrogens (primary N) is 2. The van der Waals surface area contributed by atoms with Gasteiger partial charge >= 0.3 is 6.03 Å². The number of aryl methyl sites for hydroxylation is 1. The van der Waals surface area contributed by atoms with Crippen LogP contribution in [0.2, 0.25) is 0 Å². The van der Waals surface area contributed by atoms with E-state index in [1.165, 1.54) is 17.0 Å². The number of carbonyl (C=O) groups excluding carboxylic acids is 1. The summed E-state index contributed by atoms with van der Waals surface area (Å²) in [4.78, 5) is 10.6. The summed E-state index contributed by atoms with van der Waals surface area (Å²) in [6, 6.07) is 1.87. The third kappa shape index (κ3) is 2.44. The molecule has 0 aliphatic heterocycles. The van der Waals surface area contributed by atoms with Gasteiger partial charge in [0.2, 0.25) is 0 Å². The van der Waals surface area contributed by atoms with Gasteiger partial charge in [-0.05, 0) is 37.8 Å². The van der Waals surface area contributed by atoms with Crippen molar-refractivity contribution in [3.8, 4) is 0 Å². The number of nitrogens with zero attached hydrogens (tertiary/aromatic N) is 1. The Labute approximate surface area is 101 Å². The molecule has 1 unspecified atom stereocenters. The van der Waals surface area contributed by atoms with Gasteiger partial charge in [0.15, 0.2) is 0 Å². The van der Waals surface area contributed by atoms with Gasteiger partial charge < -0.3 is 21.4 Å². The number of primary amides is 1. The van der Waals surface area contributed by atoms with E-state index in [0.29, 0.717) is 6.54 Å². The SMILES string of the molecule is Cc1cc2c(n1CCNC(N)=O)CCCC2N. The van der Waals surface area contributed by atoms with Crippen LogP contribution in [0.3, 0.4) is 0 Å². The van der Waals surface area contributed by atoms with Crippen LogP contribution in [0.5, 0.6) is 0 Å². The Hall–Kier alpha value is -1.49. The van der Waals surface area contributed by atoms with Gasteiger partial charge in [-0.1, -0.05) is 0 Å². The molecule has 0 radical (unpaired) electrons. The first-order valence-electron chi connectivity index (χ1n) is 6.07. The topological polar surface area (TPSA) is 86.1 Å². The summed E-state index contributed by atoms with van der Waals surface area (Å²) >= 11 is 0. The van der Waals surface area contributed by atoms with Gasteiger partial charge in [-0.3, -0.25) is 0 Å². The van der Waals surface area contributed by atoms with Crippen molar-refractivity contribution in [3.63, 3.8) is 0 Å². The van der Waals surface area contributed by atoms with Gasteiger partial charge in [0.1, 0.15) is 0 Å². The number of amides is 2. The monoisotopic (exact) mass is 236 g/mol. The van der Waals surface area contributed by atoms with Gasteiger partial charge in [0.25, 0.3) is 0 Å². The molecule has 5 heteroatoms. The minimum absolute atomic E-state index is 0.169. The molecule has 1 aromatic heterocycles. The Kier molecular flexibility index (Phi) is 3.38. The maximum atomic E-state index is 10.6. The fraction of sp³-hybridized carbons (Fsp3) is 0.583. The number of fused-ring (bicyclic) bond motifs is 1. The van der Waals surface area contributed by atoms with E-state index in [-0.39, 0.29) is 6.04 Å². The fourth-order valence-corrected chi connectivity index (χ4v) is 2.60. The molecule has 1 aliphatic rings. The van der Waals surface area contributed by atoms with Crippen LogP contribution in [-0.4, -0.2) is 17.1 Å². The van der Waals surface area contributed by atoms with Crippen LogP contribution < -0.4 is 16.8 Å². The second kappa shape index (κ2) is 4.79. The number of urea groups is 1. The quantitative estimate of drug-likeness (QED) is 0.725. The maximum absolute atomic E-state index is 10.6. The van der Waals surface area contributed by atoms with E-state index in [0.717, 1.165) is 25.8 Å². The standard InChI is InChI=1S/C12H20N4O/c1-8-7-9-10(13)3-2-4-11(9)16(8)6-5-15-12(14)17/h7,10H,2-6,13H2,1H3,(H3,14,15,17). The Morgan fingerprint density at radius 3 is 3.12 bits per heavy atom. The summed E-state index contributed by atoms with van der Waals surface area (Å²) in [7, 11) is 0. The average Bonchev–Trinajstić information content (AvgIpc) is 2.57. The molecule has 5 N–H and O–H groups in total. The van der Waals surface area contributed by atoms with Gasteiger partial charge in [0, 0.05) is 30.5 Å². The molecule has 5 nitrogen and oxygen atoms in total. The molecule has 1 aliphatic carbocycles. The highest BCUT2D eigenvalue weighted by molar-refractivity contribution is 5.71. The van der Waals surface area contributed by atoms with Crippen LogP contribution in [0.15, 0.2) is 6.07 Å². The second-order valence-corrected chi connectivity index (χ2v) is 4.63. The molecule has 0 saturated carbocycles. The molecule has 0 saturated heterocycles. The number of aromatic nitrogens is 1. The molecule has 17 heavy (non-hydrogen) atoms. The first kappa shape index (κ1) is 12.0. The molecule has 2 rings (SSSR count). The van der Waals surface area contributed by atoms with E-state index in [1.807, 2.05) is 0 Å². The Balaban J connectivity index is 2.14. The van der Waals surface area contributed by atoms with Gasteiger partial charge in [0.05, 0.1) is 0 Å². The fourth-order valence-electron chi connectivity index (χ4n) is 2.60. The van der Waals surface area contributed by atoms with Crippen LogP contribution in [0.4, 0.5) is 4.79 Å². The first-order valence-corrected chi connectivity index (χ1v) is 6.07. The van der Waals surface area contributed by atoms with E-state index in [4.69, 9.17) is 11.5 Å². The lowest BCUT2D eigenvalue weighted by Crippen LogP contribution is -2.32. The van der Waals surface area contributed by atoms with Crippen molar-refractivity contribution >= 4 is 6.03 Å². The molecule has 0 aromatic carbocycles. The second-order valence-electron chi connectivity index (χ2n) is 4.63. The number of hydrogen-bond acceptors (Lipinski definition) is 2. The highest BCUT2D eigenvalue weighted by atomic mass is 16.2. The summed E-state index contributed by atoms with van der Waals surface area (Å²) in [5, 5.41) is 2.62. The number of carbonyl (C=O) groups is 1. The maximum Gasteiger partial charge on any atom is 0.312 e. The highest BCUT2D eigenvalue weighted by Crippen LogP contribution is 2.30. The van der Waals surface area contributed by atoms with Crippen molar-refractivity contribution in [2.75, 3.05) is 6.54 Å². The molecule has 1 aromatic rings. The third-order valence-corrected chi connectivity index (χ3v) is 3.41. The lowest BCUT2D eigenvalue weighted by Gasteiger charge is -2.21. The van der Waals surface area contributed by atoms with Crippen molar-refractivity contribution in [2.24, 2.45) is 11.5 Å². The molecule has 1 heterocycles. The van der Waals surface area contributed by atoms with Crippen molar-refractivity contribution in [2.45, 2.75) is 38.8 Å². The molecular formula is C12H20N4O. The van der Waals surface area contributed by atoms with Gasteiger partial charge in [-0.25, -0.2) is 4.79 Å². The van der Waals surface area contributed by atoms with Crippen LogP contribution in [-0.2, 0) is 13.0 Å². The largest absolute Gasteiger partial charge is 0.352 e. The number of rotatable bonds is 3. The molecule has 1 atom stereocenters. The van der Waals surface area contributed by atoms with E-state index in [1.54, 1.807) is 0 Å². The zero-order valence-electron chi connectivity index (χ0n) is 10.2. The Bertz CT molecular complexity index is 424. The van der Waals surface area contributed by atoms with Crippen molar-refractivity contribution in [1.82, 2.24) is 9.88 Å². The van der Waals surface area contributed by atoms with Crippen LogP contribution in [0.25, 0.3) is 0 Å². The molecule has 94 valence electrons. The molecule has 0 fully saturated rings. The summed E-state index contributed by atoms with van der Waals surface area (Å²) in [6.45, 7) is 3.40. The smallest absolute Gasteiger partial charge is 0.312 e. The van der Waals surface area contributed by atoms with E-state index >= 15 is 0 Å². The zero-order chi connectivity index (χ0) is 12.4. The normalized spacial score (nSPS) is 18.8. The highest BCUT2D eigenvalue weighted by Gasteiger charge is 2.21. The lowest BCUT2D eigenvalue weighted by atomic mass is 9.93. The van der Waals surface area contributed by atoms with Crippen molar-refractivity contribution < 1.29 is 4.79 Å². The first-order chi connectivity index (χ1) is 8.09. The van der Waals surface area contributed by atoms with E-state index < -0.39 is 6.03 Å². The van der Waals surface area contributed by atoms with Crippen molar-refractivity contribution in [3.05, 3.63) is 23.0 Å². The van der Waals surface area contributed by atoms with Crippen LogP contribution in [0, 0.1) is 6.92 Å². The average molecular weight is 236 g/mol. The molecule has 2 amide bonds. The van der Waals surface area contributed by atoms with E-state index in [2.05, 4.69) is 22.9 Å². The predicted octanol–water partition coefficient (Wildman–Crippen LogP) is 0.801. The molecule has 0 spiro atoms. The number of hydrogen-bond donors (Lipinski definition) is 3. The summed E-state index contributed by atoms with van der Waals surface area (Å²) in [5.41, 5.74) is 15.0. The summed E-state index contributed by atoms with van der Waals surface area (Å²) in [5.74, 6) is 0. The van der Waals surface area contributed by atoms with Crippen LogP contribution >= 0.6 is 0 Å². The zero-order valence-corrected chi connectivity index (χ0v) is 10.2. The summed E-state index contributed by atoms with van der Waals surface area (Å²) in [6.07, 6.45) is 3.28. The van der Waals surface area contributed by atoms with E-state index in [9.17, 15) is 4.79 Å². The lowest BCUT2D eigenvalue weighted by molar-refractivity contribution is 0.248. The van der Waals surface area contributed by atoms with Gasteiger partial charge in [-0.2, -0.15) is 0 Å². The minimum Gasteiger partial charge on any atom is -0.352 e. The van der Waals surface area contributed by atoms with Crippen molar-refractivity contribution in [1.29, 1.82) is 0 Å². The summed E-state index contributed by atoms with van der Waals surface area (Å²) < 4.78 is 2.24.